The Morgan fingerprint density at radius 1 is 1.14 bits per heavy atom. The summed E-state index contributed by atoms with van der Waals surface area (Å²) in [7, 11) is -3.53. The summed E-state index contributed by atoms with van der Waals surface area (Å²) in [5.74, 6) is -0.174. The monoisotopic (exact) mass is 391 g/mol. The zero-order valence-electron chi connectivity index (χ0n) is 13.5. The predicted octanol–water partition coefficient (Wildman–Crippen LogP) is 3.82. The molecule has 0 atom stereocenters. The van der Waals surface area contributed by atoms with E-state index in [1.54, 1.807) is 36.9 Å². The second-order valence-corrected chi connectivity index (χ2v) is 7.38. The van der Waals surface area contributed by atoms with E-state index in [0.29, 0.717) is 24.0 Å². The highest BCUT2D eigenvalue weighted by Gasteiger charge is 2.33. The molecule has 1 rings (SSSR count). The number of hydrogen-bond acceptors (Lipinski definition) is 4. The maximum atomic E-state index is 13.1. The molecule has 5 nitrogen and oxygen atoms in total. The van der Waals surface area contributed by atoms with Gasteiger partial charge in [0.2, 0.25) is 0 Å². The molecule has 7 heteroatoms. The third-order valence-electron chi connectivity index (χ3n) is 3.13. The third-order valence-corrected chi connectivity index (χ3v) is 5.78. The molecule has 22 heavy (non-hydrogen) atoms. The van der Waals surface area contributed by atoms with Crippen LogP contribution in [0, 0.1) is 0 Å². The van der Waals surface area contributed by atoms with Crippen molar-refractivity contribution >= 4 is 34.7 Å². The Labute approximate surface area is 140 Å². The van der Waals surface area contributed by atoms with Crippen LogP contribution in [0.2, 0.25) is 0 Å². The van der Waals surface area contributed by atoms with Crippen molar-refractivity contribution in [3.63, 3.8) is 0 Å². The van der Waals surface area contributed by atoms with Gasteiger partial charge in [-0.2, -0.15) is 0 Å². The molecule has 1 amide bonds. The lowest BCUT2D eigenvalue weighted by atomic mass is 10.2. The van der Waals surface area contributed by atoms with Crippen LogP contribution >= 0.6 is 23.5 Å². The van der Waals surface area contributed by atoms with E-state index in [1.807, 2.05) is 13.8 Å². The van der Waals surface area contributed by atoms with Crippen LogP contribution in [0.5, 0.6) is 0 Å². The largest absolute Gasteiger partial charge is 0.362 e. The first kappa shape index (κ1) is 19.4. The minimum absolute atomic E-state index is 0.174. The molecule has 0 aliphatic carbocycles. The summed E-state index contributed by atoms with van der Waals surface area (Å²) in [6.07, 6.45) is 0. The van der Waals surface area contributed by atoms with E-state index in [4.69, 9.17) is 9.05 Å². The van der Waals surface area contributed by atoms with E-state index in [0.717, 1.165) is 4.47 Å². The smallest absolute Gasteiger partial charge is 0.339 e. The summed E-state index contributed by atoms with van der Waals surface area (Å²) in [6, 6.07) is 5.05. The van der Waals surface area contributed by atoms with Crippen LogP contribution in [-0.4, -0.2) is 37.1 Å². The van der Waals surface area contributed by atoms with Gasteiger partial charge in [-0.3, -0.25) is 9.36 Å². The van der Waals surface area contributed by atoms with Crippen molar-refractivity contribution in [1.29, 1.82) is 0 Å². The lowest BCUT2D eigenvalue weighted by molar-refractivity contribution is 0.0773. The van der Waals surface area contributed by atoms with E-state index >= 15 is 0 Å². The standard InChI is InChI=1S/C15H23BrNO4P/c1-5-17(6-2)15(18)13-10-9-12(16)11-14(13)22(19,20-7-3)21-8-4/h9-11H,5-8H2,1-4H3. The van der Waals surface area contributed by atoms with Crippen molar-refractivity contribution in [2.75, 3.05) is 26.3 Å². The molecular formula is C15H23BrNO4P. The molecular weight excluding hydrogens is 369 g/mol. The molecule has 1 aromatic rings. The van der Waals surface area contributed by atoms with Gasteiger partial charge < -0.3 is 13.9 Å². The van der Waals surface area contributed by atoms with Gasteiger partial charge in [0, 0.05) is 17.6 Å². The van der Waals surface area contributed by atoms with Crippen molar-refractivity contribution in [2.45, 2.75) is 27.7 Å². The Morgan fingerprint density at radius 2 is 1.68 bits per heavy atom. The van der Waals surface area contributed by atoms with Gasteiger partial charge in [-0.05, 0) is 45.9 Å². The fourth-order valence-corrected chi connectivity index (χ4v) is 4.44. The molecule has 1 aromatic carbocycles. The number of carbonyl (C=O) groups excluding carboxylic acids is 1. The third kappa shape index (κ3) is 4.42. The minimum Gasteiger partial charge on any atom is -0.339 e. The zero-order chi connectivity index (χ0) is 16.8. The summed E-state index contributed by atoms with van der Waals surface area (Å²) in [4.78, 5) is 14.3. The van der Waals surface area contributed by atoms with Crippen molar-refractivity contribution < 1.29 is 18.4 Å². The van der Waals surface area contributed by atoms with Crippen molar-refractivity contribution in [3.8, 4) is 0 Å². The average molecular weight is 392 g/mol. The van der Waals surface area contributed by atoms with E-state index in [2.05, 4.69) is 15.9 Å². The highest BCUT2D eigenvalue weighted by atomic mass is 79.9. The van der Waals surface area contributed by atoms with Gasteiger partial charge in [0.05, 0.1) is 24.1 Å². The maximum absolute atomic E-state index is 13.1. The van der Waals surface area contributed by atoms with Crippen LogP contribution in [-0.2, 0) is 13.6 Å². The second kappa shape index (κ2) is 8.82. The first-order chi connectivity index (χ1) is 10.4. The fraction of sp³-hybridized carbons (Fsp3) is 0.533. The van der Waals surface area contributed by atoms with Crippen molar-refractivity contribution in [3.05, 3.63) is 28.2 Å². The van der Waals surface area contributed by atoms with Crippen LogP contribution in [0.3, 0.4) is 0 Å². The molecule has 0 saturated heterocycles. The van der Waals surface area contributed by atoms with Crippen LogP contribution in [0.25, 0.3) is 0 Å². The van der Waals surface area contributed by atoms with Crippen LogP contribution < -0.4 is 5.30 Å². The van der Waals surface area contributed by atoms with Gasteiger partial charge in [0.25, 0.3) is 5.91 Å². The molecule has 0 bridgehead atoms. The summed E-state index contributed by atoms with van der Waals surface area (Å²) in [5, 5.41) is 0.308. The van der Waals surface area contributed by atoms with Crippen LogP contribution in [0.15, 0.2) is 22.7 Å². The Kier molecular flexibility index (Phi) is 7.77. The number of halogens is 1. The van der Waals surface area contributed by atoms with Crippen LogP contribution in [0.1, 0.15) is 38.1 Å². The fourth-order valence-electron chi connectivity index (χ4n) is 2.11. The van der Waals surface area contributed by atoms with E-state index in [-0.39, 0.29) is 19.1 Å². The number of nitrogens with zero attached hydrogens (tertiary/aromatic N) is 1. The summed E-state index contributed by atoms with van der Waals surface area (Å²) in [6.45, 7) is 8.95. The minimum atomic E-state index is -3.53. The van der Waals surface area contributed by atoms with Crippen LogP contribution in [0.4, 0.5) is 0 Å². The SMILES string of the molecule is CCOP(=O)(OCC)c1cc(Br)ccc1C(=O)N(CC)CC. The Balaban J connectivity index is 3.42. The number of rotatable bonds is 8. The number of hydrogen-bond donors (Lipinski definition) is 0. The molecule has 0 heterocycles. The summed E-state index contributed by atoms with van der Waals surface area (Å²) >= 11 is 3.35. The molecule has 0 N–H and O–H groups in total. The van der Waals surface area contributed by atoms with E-state index in [9.17, 15) is 9.36 Å². The maximum Gasteiger partial charge on any atom is 0.362 e. The topological polar surface area (TPSA) is 55.8 Å². The number of carbonyl (C=O) groups is 1. The molecule has 0 fully saturated rings. The lowest BCUT2D eigenvalue weighted by Gasteiger charge is -2.23. The number of amides is 1. The predicted molar refractivity (Wildman–Crippen MR) is 91.9 cm³/mol. The Morgan fingerprint density at radius 3 is 2.14 bits per heavy atom. The normalized spacial score (nSPS) is 11.5. The summed E-state index contributed by atoms with van der Waals surface area (Å²) < 4.78 is 24.6. The van der Waals surface area contributed by atoms with Gasteiger partial charge in [-0.15, -0.1) is 0 Å². The first-order valence-electron chi connectivity index (χ1n) is 7.41. The van der Waals surface area contributed by atoms with Gasteiger partial charge in [0.15, 0.2) is 0 Å². The molecule has 0 aromatic heterocycles. The lowest BCUT2D eigenvalue weighted by Crippen LogP contribution is -2.34. The first-order valence-corrected chi connectivity index (χ1v) is 9.75. The molecule has 0 unspecified atom stereocenters. The van der Waals surface area contributed by atoms with Crippen molar-refractivity contribution in [2.24, 2.45) is 0 Å². The molecule has 124 valence electrons. The van der Waals surface area contributed by atoms with Gasteiger partial charge in [0.1, 0.15) is 0 Å². The van der Waals surface area contributed by atoms with E-state index < -0.39 is 7.60 Å². The Bertz CT molecular complexity index is 550. The quantitative estimate of drug-likeness (QED) is 0.632. The second-order valence-electron chi connectivity index (χ2n) is 4.47. The van der Waals surface area contributed by atoms with Gasteiger partial charge in [-0.25, -0.2) is 0 Å². The molecule has 0 aliphatic heterocycles. The highest BCUT2D eigenvalue weighted by Crippen LogP contribution is 2.48. The molecule has 0 saturated carbocycles. The van der Waals surface area contributed by atoms with Gasteiger partial charge >= 0.3 is 7.60 Å². The Hall–Kier alpha value is -0.680. The molecule has 0 radical (unpaired) electrons. The van der Waals surface area contributed by atoms with E-state index in [1.165, 1.54) is 0 Å². The molecule has 0 spiro atoms. The summed E-state index contributed by atoms with van der Waals surface area (Å²) in [5.41, 5.74) is 0.358. The molecule has 0 aliphatic rings. The number of benzene rings is 1. The highest BCUT2D eigenvalue weighted by molar-refractivity contribution is 9.10. The zero-order valence-corrected chi connectivity index (χ0v) is 15.9. The van der Waals surface area contributed by atoms with Gasteiger partial charge in [-0.1, -0.05) is 15.9 Å². The average Bonchev–Trinajstić information content (AvgIpc) is 2.48. The van der Waals surface area contributed by atoms with Crippen molar-refractivity contribution in [1.82, 2.24) is 4.90 Å².